The highest BCUT2D eigenvalue weighted by Crippen LogP contribution is 2.35. The minimum absolute atomic E-state index is 0.380. The normalized spacial score (nSPS) is 23.6. The minimum Gasteiger partial charge on any atom is -0.388 e. The van der Waals surface area contributed by atoms with Gasteiger partial charge in [0.1, 0.15) is 0 Å². The van der Waals surface area contributed by atoms with E-state index in [9.17, 15) is 15.0 Å². The quantitative estimate of drug-likeness (QED) is 0.780. The molecule has 1 amide bonds. The molecule has 1 saturated carbocycles. The van der Waals surface area contributed by atoms with Crippen LogP contribution >= 0.6 is 0 Å². The summed E-state index contributed by atoms with van der Waals surface area (Å²) in [6.45, 7) is 0.586. The van der Waals surface area contributed by atoms with Crippen molar-refractivity contribution in [3.63, 3.8) is 0 Å². The highest BCUT2D eigenvalue weighted by Gasteiger charge is 2.33. The SMILES string of the molecule is CN(CC1(O)CCCC1)c1ccc2c(c1)NC(=O)C2O. The molecule has 1 heterocycles. The number of aliphatic hydroxyl groups excluding tert-OH is 1. The summed E-state index contributed by atoms with van der Waals surface area (Å²) in [4.78, 5) is 13.4. The fourth-order valence-corrected chi connectivity index (χ4v) is 3.19. The molecule has 5 heteroatoms. The number of nitrogens with zero attached hydrogens (tertiary/aromatic N) is 1. The smallest absolute Gasteiger partial charge is 0.257 e. The third-order valence-corrected chi connectivity index (χ3v) is 4.34. The van der Waals surface area contributed by atoms with E-state index in [1.807, 2.05) is 24.1 Å². The van der Waals surface area contributed by atoms with Crippen molar-refractivity contribution in [1.29, 1.82) is 0 Å². The third-order valence-electron chi connectivity index (χ3n) is 4.34. The van der Waals surface area contributed by atoms with Crippen LogP contribution in [0.25, 0.3) is 0 Å². The Bertz CT molecular complexity index is 538. The van der Waals surface area contributed by atoms with E-state index in [0.717, 1.165) is 31.4 Å². The van der Waals surface area contributed by atoms with Gasteiger partial charge in [0.25, 0.3) is 5.91 Å². The second kappa shape index (κ2) is 4.75. The highest BCUT2D eigenvalue weighted by atomic mass is 16.3. The van der Waals surface area contributed by atoms with Gasteiger partial charge in [-0.1, -0.05) is 18.9 Å². The molecule has 1 aliphatic heterocycles. The summed E-state index contributed by atoms with van der Waals surface area (Å²) in [5.74, 6) is -0.380. The molecule has 108 valence electrons. The predicted molar refractivity (Wildman–Crippen MR) is 76.7 cm³/mol. The second-order valence-electron chi connectivity index (χ2n) is 5.95. The summed E-state index contributed by atoms with van der Waals surface area (Å²) in [5.41, 5.74) is 1.60. The van der Waals surface area contributed by atoms with Crippen LogP contribution in [-0.2, 0) is 4.79 Å². The molecule has 5 nitrogen and oxygen atoms in total. The van der Waals surface area contributed by atoms with Crippen molar-refractivity contribution >= 4 is 17.3 Å². The van der Waals surface area contributed by atoms with Crippen LogP contribution in [0, 0.1) is 0 Å². The minimum atomic E-state index is -1.07. The summed E-state index contributed by atoms with van der Waals surface area (Å²) in [6.07, 6.45) is 2.78. The molecule has 1 aliphatic carbocycles. The van der Waals surface area contributed by atoms with E-state index in [1.165, 1.54) is 0 Å². The average molecular weight is 276 g/mol. The second-order valence-corrected chi connectivity index (χ2v) is 5.95. The van der Waals surface area contributed by atoms with Gasteiger partial charge in [-0.25, -0.2) is 0 Å². The topological polar surface area (TPSA) is 72.8 Å². The molecule has 0 saturated heterocycles. The number of rotatable bonds is 3. The zero-order chi connectivity index (χ0) is 14.3. The standard InChI is InChI=1S/C15H20N2O3/c1-17(9-15(20)6-2-3-7-15)10-4-5-11-12(8-10)16-14(19)13(11)18/h4-5,8,13,18,20H,2-3,6-7,9H2,1H3,(H,16,19). The van der Waals surface area contributed by atoms with Gasteiger partial charge in [-0.15, -0.1) is 0 Å². The van der Waals surface area contributed by atoms with Crippen LogP contribution in [-0.4, -0.2) is 35.3 Å². The summed E-state index contributed by atoms with van der Waals surface area (Å²) in [7, 11) is 1.94. The van der Waals surface area contributed by atoms with E-state index in [-0.39, 0.29) is 5.91 Å². The predicted octanol–water partition coefficient (Wildman–Crippen LogP) is 1.41. The number of anilines is 2. The molecule has 0 spiro atoms. The van der Waals surface area contributed by atoms with Crippen LogP contribution in [0.1, 0.15) is 37.4 Å². The molecule has 0 aromatic heterocycles. The summed E-state index contributed by atoms with van der Waals surface area (Å²) in [5, 5.41) is 22.8. The summed E-state index contributed by atoms with van der Waals surface area (Å²) >= 11 is 0. The highest BCUT2D eigenvalue weighted by molar-refractivity contribution is 6.02. The fraction of sp³-hybridized carbons (Fsp3) is 0.533. The lowest BCUT2D eigenvalue weighted by atomic mass is 10.0. The van der Waals surface area contributed by atoms with Crippen LogP contribution in [0.15, 0.2) is 18.2 Å². The maximum Gasteiger partial charge on any atom is 0.257 e. The van der Waals surface area contributed by atoms with Crippen molar-refractivity contribution in [2.45, 2.75) is 37.4 Å². The Morgan fingerprint density at radius 2 is 2.10 bits per heavy atom. The molecule has 3 N–H and O–H groups in total. The average Bonchev–Trinajstić information content (AvgIpc) is 2.95. The number of nitrogens with one attached hydrogen (secondary N) is 1. The van der Waals surface area contributed by atoms with E-state index in [1.54, 1.807) is 6.07 Å². The number of aliphatic hydroxyl groups is 2. The Labute approximate surface area is 118 Å². The van der Waals surface area contributed by atoms with Crippen molar-refractivity contribution in [2.24, 2.45) is 0 Å². The maximum absolute atomic E-state index is 11.4. The third kappa shape index (κ3) is 2.27. The monoisotopic (exact) mass is 276 g/mol. The Morgan fingerprint density at radius 1 is 1.40 bits per heavy atom. The number of carbonyl (C=O) groups is 1. The molecule has 1 fully saturated rings. The number of amides is 1. The van der Waals surface area contributed by atoms with Crippen molar-refractivity contribution in [3.8, 4) is 0 Å². The van der Waals surface area contributed by atoms with Gasteiger partial charge in [0, 0.05) is 30.5 Å². The Balaban J connectivity index is 1.78. The van der Waals surface area contributed by atoms with Gasteiger partial charge in [-0.2, -0.15) is 0 Å². The van der Waals surface area contributed by atoms with Gasteiger partial charge in [-0.05, 0) is 25.0 Å². The van der Waals surface area contributed by atoms with E-state index < -0.39 is 11.7 Å². The zero-order valence-corrected chi connectivity index (χ0v) is 11.6. The Morgan fingerprint density at radius 3 is 2.80 bits per heavy atom. The van der Waals surface area contributed by atoms with E-state index in [0.29, 0.717) is 17.8 Å². The van der Waals surface area contributed by atoms with Gasteiger partial charge >= 0.3 is 0 Å². The van der Waals surface area contributed by atoms with Gasteiger partial charge in [0.15, 0.2) is 6.10 Å². The summed E-state index contributed by atoms with van der Waals surface area (Å²) < 4.78 is 0. The number of benzene rings is 1. The molecule has 1 aromatic carbocycles. The molecule has 2 aliphatic rings. The van der Waals surface area contributed by atoms with Crippen molar-refractivity contribution < 1.29 is 15.0 Å². The van der Waals surface area contributed by atoms with Crippen LogP contribution in [0.5, 0.6) is 0 Å². The van der Waals surface area contributed by atoms with Crippen LogP contribution in [0.3, 0.4) is 0 Å². The van der Waals surface area contributed by atoms with E-state index in [2.05, 4.69) is 5.32 Å². The number of hydrogen-bond acceptors (Lipinski definition) is 4. The van der Waals surface area contributed by atoms with Gasteiger partial charge in [0.05, 0.1) is 5.60 Å². The first-order chi connectivity index (χ1) is 9.48. The molecule has 1 aromatic rings. The van der Waals surface area contributed by atoms with Gasteiger partial charge in [-0.3, -0.25) is 4.79 Å². The molecule has 0 radical (unpaired) electrons. The van der Waals surface area contributed by atoms with Gasteiger partial charge < -0.3 is 20.4 Å². The van der Waals surface area contributed by atoms with Crippen molar-refractivity contribution in [3.05, 3.63) is 23.8 Å². The molecule has 20 heavy (non-hydrogen) atoms. The van der Waals surface area contributed by atoms with Gasteiger partial charge in [0.2, 0.25) is 0 Å². The van der Waals surface area contributed by atoms with E-state index >= 15 is 0 Å². The lowest BCUT2D eigenvalue weighted by Gasteiger charge is -2.30. The number of carbonyl (C=O) groups excluding carboxylic acids is 1. The molecular formula is C15H20N2O3. The first-order valence-electron chi connectivity index (χ1n) is 7.05. The largest absolute Gasteiger partial charge is 0.388 e. The molecule has 1 unspecified atom stereocenters. The number of fused-ring (bicyclic) bond motifs is 1. The van der Waals surface area contributed by atoms with Crippen LogP contribution in [0.4, 0.5) is 11.4 Å². The van der Waals surface area contributed by atoms with Crippen LogP contribution in [0.2, 0.25) is 0 Å². The lowest BCUT2D eigenvalue weighted by molar-refractivity contribution is -0.123. The maximum atomic E-state index is 11.4. The molecular weight excluding hydrogens is 256 g/mol. The first kappa shape index (κ1) is 13.4. The molecule has 1 atom stereocenters. The van der Waals surface area contributed by atoms with Crippen molar-refractivity contribution in [1.82, 2.24) is 0 Å². The first-order valence-corrected chi connectivity index (χ1v) is 7.05. The number of likely N-dealkylation sites (N-methyl/N-ethyl adjacent to an activating group) is 1. The van der Waals surface area contributed by atoms with Crippen LogP contribution < -0.4 is 10.2 Å². The van der Waals surface area contributed by atoms with Crippen molar-refractivity contribution in [2.75, 3.05) is 23.8 Å². The Kier molecular flexibility index (Phi) is 3.18. The zero-order valence-electron chi connectivity index (χ0n) is 11.6. The molecule has 3 rings (SSSR count). The van der Waals surface area contributed by atoms with E-state index in [4.69, 9.17) is 0 Å². The molecule has 0 bridgehead atoms. The number of hydrogen-bond donors (Lipinski definition) is 3. The fourth-order valence-electron chi connectivity index (χ4n) is 3.19. The summed E-state index contributed by atoms with van der Waals surface area (Å²) in [6, 6.07) is 5.49. The lowest BCUT2D eigenvalue weighted by Crippen LogP contribution is -2.39. The Hall–Kier alpha value is -1.59.